The second kappa shape index (κ2) is 7.70. The van der Waals surface area contributed by atoms with Crippen molar-refractivity contribution in [2.45, 2.75) is 39.5 Å². The average Bonchev–Trinajstić information content (AvgIpc) is 2.90. The van der Waals surface area contributed by atoms with Gasteiger partial charge >= 0.3 is 0 Å². The monoisotopic (exact) mass is 314 g/mol. The van der Waals surface area contributed by atoms with E-state index in [1.807, 2.05) is 24.7 Å². The minimum Gasteiger partial charge on any atom is -0.377 e. The van der Waals surface area contributed by atoms with Gasteiger partial charge in [-0.25, -0.2) is 4.98 Å². The lowest BCUT2D eigenvalue weighted by Crippen LogP contribution is -2.37. The van der Waals surface area contributed by atoms with Gasteiger partial charge in [-0.15, -0.1) is 0 Å². The zero-order valence-electron chi connectivity index (χ0n) is 14.1. The highest BCUT2D eigenvalue weighted by molar-refractivity contribution is 5.08. The maximum atomic E-state index is 5.27. The minimum atomic E-state index is 0.583. The number of rotatable bonds is 6. The number of aryl methyl sites for hydroxylation is 1. The minimum absolute atomic E-state index is 0.583. The van der Waals surface area contributed by atoms with Crippen LogP contribution >= 0.6 is 0 Å². The predicted molar refractivity (Wildman–Crippen MR) is 89.9 cm³/mol. The van der Waals surface area contributed by atoms with Gasteiger partial charge in [-0.1, -0.05) is 6.07 Å². The average molecular weight is 314 g/mol. The smallest absolute Gasteiger partial charge is 0.134 e. The number of likely N-dealkylation sites (tertiary alicyclic amines) is 1. The SMILES string of the molecule is COCc1ncc(C)n1CC1CCCN(Cc2cccnc2)C1. The van der Waals surface area contributed by atoms with E-state index in [1.165, 1.54) is 30.6 Å². The fraction of sp³-hybridized carbons (Fsp3) is 0.556. The molecule has 5 nitrogen and oxygen atoms in total. The van der Waals surface area contributed by atoms with Crippen molar-refractivity contribution in [2.75, 3.05) is 20.2 Å². The number of piperidine rings is 1. The van der Waals surface area contributed by atoms with Crippen molar-refractivity contribution in [3.63, 3.8) is 0 Å². The molecule has 1 unspecified atom stereocenters. The fourth-order valence-corrected chi connectivity index (χ4v) is 3.46. The highest BCUT2D eigenvalue weighted by Gasteiger charge is 2.22. The van der Waals surface area contributed by atoms with Crippen molar-refractivity contribution in [3.8, 4) is 0 Å². The van der Waals surface area contributed by atoms with Crippen LogP contribution in [0.2, 0.25) is 0 Å². The number of pyridine rings is 1. The molecular formula is C18H26N4O. The van der Waals surface area contributed by atoms with Gasteiger partial charge in [0, 0.05) is 51.0 Å². The fourth-order valence-electron chi connectivity index (χ4n) is 3.46. The van der Waals surface area contributed by atoms with Crippen LogP contribution in [0.5, 0.6) is 0 Å². The Morgan fingerprint density at radius 3 is 3.04 bits per heavy atom. The van der Waals surface area contributed by atoms with Crippen LogP contribution in [0, 0.1) is 12.8 Å². The molecule has 3 rings (SSSR count). The van der Waals surface area contributed by atoms with Crippen molar-refractivity contribution >= 4 is 0 Å². The Bertz CT molecular complexity index is 611. The number of aromatic nitrogens is 3. The third kappa shape index (κ3) is 4.18. The second-order valence-electron chi connectivity index (χ2n) is 6.46. The maximum Gasteiger partial charge on any atom is 0.134 e. The highest BCUT2D eigenvalue weighted by atomic mass is 16.5. The van der Waals surface area contributed by atoms with E-state index in [4.69, 9.17) is 4.74 Å². The molecule has 0 aliphatic carbocycles. The third-order valence-corrected chi connectivity index (χ3v) is 4.58. The van der Waals surface area contributed by atoms with Crippen LogP contribution in [0.1, 0.15) is 29.9 Å². The molecule has 1 aliphatic heterocycles. The molecule has 124 valence electrons. The van der Waals surface area contributed by atoms with Gasteiger partial charge < -0.3 is 9.30 Å². The lowest BCUT2D eigenvalue weighted by Gasteiger charge is -2.33. The lowest BCUT2D eigenvalue weighted by atomic mass is 9.97. The van der Waals surface area contributed by atoms with E-state index < -0.39 is 0 Å². The van der Waals surface area contributed by atoms with Gasteiger partial charge in [0.1, 0.15) is 12.4 Å². The van der Waals surface area contributed by atoms with Crippen LogP contribution in [-0.4, -0.2) is 39.6 Å². The number of imidazole rings is 1. The molecule has 3 heterocycles. The van der Waals surface area contributed by atoms with Gasteiger partial charge in [-0.3, -0.25) is 9.88 Å². The zero-order valence-corrected chi connectivity index (χ0v) is 14.1. The number of hydrogen-bond donors (Lipinski definition) is 0. The Balaban J connectivity index is 1.62. The van der Waals surface area contributed by atoms with Crippen molar-refractivity contribution in [1.82, 2.24) is 19.4 Å². The quantitative estimate of drug-likeness (QED) is 0.822. The van der Waals surface area contributed by atoms with Crippen LogP contribution in [-0.2, 0) is 24.4 Å². The summed E-state index contributed by atoms with van der Waals surface area (Å²) in [6.45, 7) is 7.06. The summed E-state index contributed by atoms with van der Waals surface area (Å²) in [6.07, 6.45) is 8.30. The molecular weight excluding hydrogens is 288 g/mol. The van der Waals surface area contributed by atoms with Gasteiger partial charge in [-0.2, -0.15) is 0 Å². The molecule has 2 aromatic heterocycles. The van der Waals surface area contributed by atoms with Crippen molar-refractivity contribution in [3.05, 3.63) is 47.8 Å². The molecule has 0 amide bonds. The molecule has 1 fully saturated rings. The van der Waals surface area contributed by atoms with Crippen molar-refractivity contribution < 1.29 is 4.74 Å². The molecule has 1 saturated heterocycles. The van der Waals surface area contributed by atoms with E-state index in [-0.39, 0.29) is 0 Å². The summed E-state index contributed by atoms with van der Waals surface area (Å²) in [7, 11) is 1.73. The summed E-state index contributed by atoms with van der Waals surface area (Å²) in [5.74, 6) is 1.71. The highest BCUT2D eigenvalue weighted by Crippen LogP contribution is 2.21. The first kappa shape index (κ1) is 16.1. The number of nitrogens with zero attached hydrogens (tertiary/aromatic N) is 4. The number of methoxy groups -OCH3 is 1. The van der Waals surface area contributed by atoms with Crippen LogP contribution in [0.4, 0.5) is 0 Å². The lowest BCUT2D eigenvalue weighted by molar-refractivity contribution is 0.147. The number of hydrogen-bond acceptors (Lipinski definition) is 4. The third-order valence-electron chi connectivity index (χ3n) is 4.58. The maximum absolute atomic E-state index is 5.27. The van der Waals surface area contributed by atoms with E-state index in [1.54, 1.807) is 7.11 Å². The van der Waals surface area contributed by atoms with E-state index in [0.717, 1.165) is 25.5 Å². The molecule has 2 aromatic rings. The molecule has 0 N–H and O–H groups in total. The van der Waals surface area contributed by atoms with Gasteiger partial charge in [0.2, 0.25) is 0 Å². The summed E-state index contributed by atoms with van der Waals surface area (Å²) in [5.41, 5.74) is 2.52. The first-order valence-corrected chi connectivity index (χ1v) is 8.37. The summed E-state index contributed by atoms with van der Waals surface area (Å²) in [4.78, 5) is 11.2. The molecule has 0 saturated carbocycles. The van der Waals surface area contributed by atoms with E-state index in [2.05, 4.69) is 32.4 Å². The van der Waals surface area contributed by atoms with E-state index in [0.29, 0.717) is 12.5 Å². The Morgan fingerprint density at radius 1 is 1.35 bits per heavy atom. The normalized spacial score (nSPS) is 19.1. The summed E-state index contributed by atoms with van der Waals surface area (Å²) in [5, 5.41) is 0. The largest absolute Gasteiger partial charge is 0.377 e. The van der Waals surface area contributed by atoms with Crippen LogP contribution in [0.3, 0.4) is 0 Å². The van der Waals surface area contributed by atoms with Crippen molar-refractivity contribution in [2.24, 2.45) is 5.92 Å². The molecule has 1 atom stereocenters. The van der Waals surface area contributed by atoms with E-state index in [9.17, 15) is 0 Å². The topological polar surface area (TPSA) is 43.2 Å². The molecule has 23 heavy (non-hydrogen) atoms. The molecule has 1 aliphatic rings. The predicted octanol–water partition coefficient (Wildman–Crippen LogP) is 2.65. The molecule has 0 bridgehead atoms. The van der Waals surface area contributed by atoms with Gasteiger partial charge in [0.25, 0.3) is 0 Å². The standard InChI is InChI=1S/C18H26N4O/c1-15-9-20-18(14-23-2)22(15)13-17-6-4-8-21(12-17)11-16-5-3-7-19-10-16/h3,5,7,9-10,17H,4,6,8,11-14H2,1-2H3. The summed E-state index contributed by atoms with van der Waals surface area (Å²) < 4.78 is 7.59. The Morgan fingerprint density at radius 2 is 2.26 bits per heavy atom. The molecule has 5 heteroatoms. The zero-order chi connectivity index (χ0) is 16.1. The van der Waals surface area contributed by atoms with Crippen molar-refractivity contribution in [1.29, 1.82) is 0 Å². The van der Waals surface area contributed by atoms with Crippen LogP contribution < -0.4 is 0 Å². The second-order valence-corrected chi connectivity index (χ2v) is 6.46. The Kier molecular flexibility index (Phi) is 5.41. The Hall–Kier alpha value is -1.72. The first-order chi connectivity index (χ1) is 11.3. The van der Waals surface area contributed by atoms with Gasteiger partial charge in [0.05, 0.1) is 0 Å². The van der Waals surface area contributed by atoms with Gasteiger partial charge in [0.15, 0.2) is 0 Å². The summed E-state index contributed by atoms with van der Waals surface area (Å²) >= 11 is 0. The molecule has 0 aromatic carbocycles. The first-order valence-electron chi connectivity index (χ1n) is 8.37. The Labute approximate surface area is 138 Å². The number of ether oxygens (including phenoxy) is 1. The molecule has 0 radical (unpaired) electrons. The van der Waals surface area contributed by atoms with Crippen LogP contribution in [0.15, 0.2) is 30.7 Å². The van der Waals surface area contributed by atoms with Gasteiger partial charge in [-0.05, 0) is 43.9 Å². The molecule has 0 spiro atoms. The summed E-state index contributed by atoms with van der Waals surface area (Å²) in [6, 6.07) is 4.18. The van der Waals surface area contributed by atoms with E-state index >= 15 is 0 Å². The van der Waals surface area contributed by atoms with Crippen LogP contribution in [0.25, 0.3) is 0 Å².